The van der Waals surface area contributed by atoms with Gasteiger partial charge in [-0.15, -0.1) is 11.3 Å². The van der Waals surface area contributed by atoms with Crippen LogP contribution in [-0.4, -0.2) is 43.6 Å². The number of likely N-dealkylation sites (tertiary alicyclic amines) is 1. The van der Waals surface area contributed by atoms with Gasteiger partial charge in [0.1, 0.15) is 5.75 Å². The molecule has 2 aromatic carbocycles. The van der Waals surface area contributed by atoms with E-state index in [1.165, 1.54) is 17.7 Å². The number of nitrogens with one attached hydrogen (secondary N) is 1. The maximum Gasteiger partial charge on any atom is 0.255 e. The standard InChI is InChI=1S/C24H28N2O2S/c1-2-28-21-10-9-18-6-3-4-7-20(18)23(21)24(27)25-13-16-26-14-11-19(12-15-26)22-8-5-17-29-22/h3-10,17,19H,2,11-16H2,1H3,(H,25,27). The van der Waals surface area contributed by atoms with Crippen LogP contribution >= 0.6 is 11.3 Å². The molecule has 1 aromatic heterocycles. The second-order valence-electron chi connectivity index (χ2n) is 7.48. The van der Waals surface area contributed by atoms with Gasteiger partial charge in [0.15, 0.2) is 0 Å². The van der Waals surface area contributed by atoms with E-state index in [1.54, 1.807) is 0 Å². The fourth-order valence-corrected chi connectivity index (χ4v) is 5.04. The van der Waals surface area contributed by atoms with Crippen LogP contribution < -0.4 is 10.1 Å². The van der Waals surface area contributed by atoms with Crippen LogP contribution in [0.3, 0.4) is 0 Å². The van der Waals surface area contributed by atoms with Gasteiger partial charge in [-0.3, -0.25) is 4.79 Å². The Balaban J connectivity index is 1.35. The topological polar surface area (TPSA) is 41.6 Å². The molecule has 0 saturated carbocycles. The summed E-state index contributed by atoms with van der Waals surface area (Å²) < 4.78 is 5.74. The summed E-state index contributed by atoms with van der Waals surface area (Å²) in [6.07, 6.45) is 2.40. The average Bonchev–Trinajstić information content (AvgIpc) is 3.29. The maximum atomic E-state index is 13.0. The second kappa shape index (κ2) is 9.42. The summed E-state index contributed by atoms with van der Waals surface area (Å²) in [4.78, 5) is 17.0. The molecule has 0 atom stereocenters. The molecular formula is C24H28N2O2S. The van der Waals surface area contributed by atoms with Gasteiger partial charge in [0.25, 0.3) is 5.91 Å². The van der Waals surface area contributed by atoms with Gasteiger partial charge in [0.2, 0.25) is 0 Å². The number of nitrogens with zero attached hydrogens (tertiary/aromatic N) is 1. The zero-order valence-corrected chi connectivity index (χ0v) is 17.7. The molecule has 0 unspecified atom stereocenters. The van der Waals surface area contributed by atoms with E-state index in [4.69, 9.17) is 4.74 Å². The first-order valence-electron chi connectivity index (χ1n) is 10.4. The summed E-state index contributed by atoms with van der Waals surface area (Å²) in [5.41, 5.74) is 0.640. The van der Waals surface area contributed by atoms with E-state index in [0.29, 0.717) is 30.4 Å². The van der Waals surface area contributed by atoms with E-state index in [1.807, 2.05) is 54.7 Å². The SMILES string of the molecule is CCOc1ccc2ccccc2c1C(=O)NCCN1CCC(c2cccs2)CC1. The summed E-state index contributed by atoms with van der Waals surface area (Å²) in [5.74, 6) is 1.30. The molecule has 4 nitrogen and oxygen atoms in total. The lowest BCUT2D eigenvalue weighted by Crippen LogP contribution is -2.39. The number of carbonyl (C=O) groups is 1. The van der Waals surface area contributed by atoms with Crippen molar-refractivity contribution in [3.05, 3.63) is 64.4 Å². The van der Waals surface area contributed by atoms with Gasteiger partial charge in [-0.05, 0) is 67.1 Å². The molecule has 1 fully saturated rings. The fraction of sp³-hybridized carbons (Fsp3) is 0.375. The van der Waals surface area contributed by atoms with Gasteiger partial charge in [-0.1, -0.05) is 36.4 Å². The highest BCUT2D eigenvalue weighted by molar-refractivity contribution is 7.10. The Morgan fingerprint density at radius 3 is 2.72 bits per heavy atom. The normalized spacial score (nSPS) is 15.5. The molecule has 4 rings (SSSR count). The molecular weight excluding hydrogens is 380 g/mol. The average molecular weight is 409 g/mol. The minimum Gasteiger partial charge on any atom is -0.493 e. The van der Waals surface area contributed by atoms with Crippen molar-refractivity contribution in [1.82, 2.24) is 10.2 Å². The Morgan fingerprint density at radius 1 is 1.14 bits per heavy atom. The Morgan fingerprint density at radius 2 is 1.97 bits per heavy atom. The maximum absolute atomic E-state index is 13.0. The first kappa shape index (κ1) is 19.9. The minimum atomic E-state index is -0.0567. The molecule has 0 radical (unpaired) electrons. The lowest BCUT2D eigenvalue weighted by molar-refractivity contribution is 0.0944. The Hall–Kier alpha value is -2.37. The van der Waals surface area contributed by atoms with E-state index < -0.39 is 0 Å². The van der Waals surface area contributed by atoms with Crippen molar-refractivity contribution in [3.63, 3.8) is 0 Å². The van der Waals surface area contributed by atoms with E-state index in [2.05, 4.69) is 27.7 Å². The number of ether oxygens (including phenoxy) is 1. The first-order chi connectivity index (χ1) is 14.3. The summed E-state index contributed by atoms with van der Waals surface area (Å²) in [6, 6.07) is 16.3. The lowest BCUT2D eigenvalue weighted by Gasteiger charge is -2.31. The van der Waals surface area contributed by atoms with Crippen molar-refractivity contribution in [2.75, 3.05) is 32.8 Å². The highest BCUT2D eigenvalue weighted by Crippen LogP contribution is 2.31. The minimum absolute atomic E-state index is 0.0567. The van der Waals surface area contributed by atoms with Crippen molar-refractivity contribution >= 4 is 28.0 Å². The van der Waals surface area contributed by atoms with E-state index >= 15 is 0 Å². The Bertz CT molecular complexity index is 947. The third-order valence-electron chi connectivity index (χ3n) is 5.66. The lowest BCUT2D eigenvalue weighted by atomic mass is 9.95. The fourth-order valence-electron chi connectivity index (χ4n) is 4.14. The summed E-state index contributed by atoms with van der Waals surface area (Å²) >= 11 is 1.87. The van der Waals surface area contributed by atoms with Crippen LogP contribution in [0.25, 0.3) is 10.8 Å². The molecule has 0 spiro atoms. The van der Waals surface area contributed by atoms with Crippen LogP contribution in [0.1, 0.15) is 40.9 Å². The molecule has 29 heavy (non-hydrogen) atoms. The zero-order valence-electron chi connectivity index (χ0n) is 16.9. The number of thiophene rings is 1. The molecule has 0 aliphatic carbocycles. The monoisotopic (exact) mass is 408 g/mol. The summed E-state index contributed by atoms with van der Waals surface area (Å²) in [7, 11) is 0. The van der Waals surface area contributed by atoms with Crippen molar-refractivity contribution in [2.45, 2.75) is 25.7 Å². The van der Waals surface area contributed by atoms with Crippen LogP contribution in [0.15, 0.2) is 53.9 Å². The van der Waals surface area contributed by atoms with Crippen LogP contribution in [0.5, 0.6) is 5.75 Å². The number of rotatable bonds is 7. The van der Waals surface area contributed by atoms with E-state index in [9.17, 15) is 4.79 Å². The summed E-state index contributed by atoms with van der Waals surface area (Å²) in [5, 5.41) is 7.28. The molecule has 1 aliphatic heterocycles. The predicted molar refractivity (Wildman–Crippen MR) is 120 cm³/mol. The number of hydrogen-bond donors (Lipinski definition) is 1. The number of amides is 1. The summed E-state index contributed by atoms with van der Waals surface area (Å²) in [6.45, 7) is 6.21. The van der Waals surface area contributed by atoms with Crippen LogP contribution in [0, 0.1) is 0 Å². The highest BCUT2D eigenvalue weighted by atomic mass is 32.1. The van der Waals surface area contributed by atoms with Crippen LogP contribution in [0.4, 0.5) is 0 Å². The number of hydrogen-bond acceptors (Lipinski definition) is 4. The number of fused-ring (bicyclic) bond motifs is 1. The largest absolute Gasteiger partial charge is 0.493 e. The van der Waals surface area contributed by atoms with Gasteiger partial charge < -0.3 is 15.0 Å². The Kier molecular flexibility index (Phi) is 6.47. The quantitative estimate of drug-likeness (QED) is 0.604. The smallest absolute Gasteiger partial charge is 0.255 e. The predicted octanol–water partition coefficient (Wildman–Crippen LogP) is 4.91. The van der Waals surface area contributed by atoms with Crippen molar-refractivity contribution < 1.29 is 9.53 Å². The molecule has 152 valence electrons. The van der Waals surface area contributed by atoms with Gasteiger partial charge in [-0.2, -0.15) is 0 Å². The van der Waals surface area contributed by atoms with Crippen LogP contribution in [0.2, 0.25) is 0 Å². The number of carbonyl (C=O) groups excluding carboxylic acids is 1. The van der Waals surface area contributed by atoms with Crippen molar-refractivity contribution in [2.24, 2.45) is 0 Å². The Labute approximate surface area is 176 Å². The molecule has 1 amide bonds. The number of piperidine rings is 1. The van der Waals surface area contributed by atoms with E-state index in [0.717, 1.165) is 30.4 Å². The molecule has 2 heterocycles. The molecule has 3 aromatic rings. The third-order valence-corrected chi connectivity index (χ3v) is 6.70. The van der Waals surface area contributed by atoms with Crippen molar-refractivity contribution in [1.29, 1.82) is 0 Å². The van der Waals surface area contributed by atoms with E-state index in [-0.39, 0.29) is 5.91 Å². The van der Waals surface area contributed by atoms with Crippen molar-refractivity contribution in [3.8, 4) is 5.75 Å². The third kappa shape index (κ3) is 4.62. The molecule has 5 heteroatoms. The molecule has 1 aliphatic rings. The van der Waals surface area contributed by atoms with Gasteiger partial charge in [0, 0.05) is 18.0 Å². The molecule has 1 N–H and O–H groups in total. The van der Waals surface area contributed by atoms with Gasteiger partial charge in [-0.25, -0.2) is 0 Å². The van der Waals surface area contributed by atoms with Crippen LogP contribution in [-0.2, 0) is 0 Å². The zero-order chi connectivity index (χ0) is 20.1. The first-order valence-corrected chi connectivity index (χ1v) is 11.3. The molecule has 0 bridgehead atoms. The molecule has 1 saturated heterocycles. The van der Waals surface area contributed by atoms with Gasteiger partial charge >= 0.3 is 0 Å². The highest BCUT2D eigenvalue weighted by Gasteiger charge is 2.21. The van der Waals surface area contributed by atoms with Gasteiger partial charge in [0.05, 0.1) is 12.2 Å². The number of benzene rings is 2. The second-order valence-corrected chi connectivity index (χ2v) is 8.46.